The summed E-state index contributed by atoms with van der Waals surface area (Å²) in [4.78, 5) is 42.9. The van der Waals surface area contributed by atoms with Crippen LogP contribution in [0.1, 0.15) is 83.9 Å². The quantitative estimate of drug-likeness (QED) is 0.632. The van der Waals surface area contributed by atoms with Crippen LogP contribution in [0.15, 0.2) is 6.20 Å². The van der Waals surface area contributed by atoms with Gasteiger partial charge in [0.05, 0.1) is 11.8 Å². The first-order valence-corrected chi connectivity index (χ1v) is 13.5. The lowest BCUT2D eigenvalue weighted by atomic mass is 9.78. The highest BCUT2D eigenvalue weighted by Crippen LogP contribution is 2.41. The number of aliphatic hydroxyl groups is 1. The molecule has 3 unspecified atom stereocenters. The summed E-state index contributed by atoms with van der Waals surface area (Å²) in [6.45, 7) is 9.11. The van der Waals surface area contributed by atoms with Crippen LogP contribution in [0.25, 0.3) is 0 Å². The Morgan fingerprint density at radius 1 is 1.11 bits per heavy atom. The molecule has 3 heterocycles. The van der Waals surface area contributed by atoms with E-state index in [1.807, 2.05) is 31.9 Å². The van der Waals surface area contributed by atoms with Crippen molar-refractivity contribution in [3.8, 4) is 0 Å². The van der Waals surface area contributed by atoms with E-state index in [9.17, 15) is 19.5 Å². The third kappa shape index (κ3) is 4.88. The molecule has 2 aliphatic heterocycles. The molecule has 5 rings (SSSR count). The molecule has 0 spiro atoms. The molecule has 0 aromatic carbocycles. The lowest BCUT2D eigenvalue weighted by Crippen LogP contribution is -2.54. The highest BCUT2D eigenvalue weighted by molar-refractivity contribution is 5.90. The smallest absolute Gasteiger partial charge is 0.248 e. The maximum atomic E-state index is 13.9. The third-order valence-electron chi connectivity index (χ3n) is 8.58. The number of β-amino-alcohol motifs (C(OH)–C–C–N with tert-alkyl or cyclic N) is 1. The van der Waals surface area contributed by atoms with E-state index >= 15 is 0 Å². The number of carbonyl (C=O) groups excluding carboxylic acids is 3. The molecule has 3 amide bonds. The van der Waals surface area contributed by atoms with Crippen LogP contribution < -0.4 is 5.32 Å². The highest BCUT2D eigenvalue weighted by atomic mass is 16.3. The zero-order valence-corrected chi connectivity index (χ0v) is 21.9. The molecular formula is C26H40N6O4. The Morgan fingerprint density at radius 2 is 1.86 bits per heavy atom. The van der Waals surface area contributed by atoms with Gasteiger partial charge in [-0.2, -0.15) is 0 Å². The van der Waals surface area contributed by atoms with Crippen LogP contribution in [0, 0.1) is 17.3 Å². The molecule has 1 aromatic heterocycles. The zero-order chi connectivity index (χ0) is 25.8. The molecule has 0 radical (unpaired) electrons. The molecule has 2 saturated carbocycles. The fourth-order valence-corrected chi connectivity index (χ4v) is 6.51. The van der Waals surface area contributed by atoms with Crippen molar-refractivity contribution in [3.63, 3.8) is 0 Å². The normalized spacial score (nSPS) is 31.3. The number of likely N-dealkylation sites (tertiary alicyclic amines) is 2. The monoisotopic (exact) mass is 500 g/mol. The van der Waals surface area contributed by atoms with Gasteiger partial charge in [-0.05, 0) is 37.0 Å². The van der Waals surface area contributed by atoms with E-state index in [2.05, 4.69) is 15.6 Å². The van der Waals surface area contributed by atoms with E-state index in [0.717, 1.165) is 44.3 Å². The summed E-state index contributed by atoms with van der Waals surface area (Å²) >= 11 is 0. The number of fused-ring (bicyclic) bond motifs is 1. The van der Waals surface area contributed by atoms with Gasteiger partial charge < -0.3 is 20.2 Å². The van der Waals surface area contributed by atoms with E-state index in [4.69, 9.17) is 0 Å². The van der Waals surface area contributed by atoms with Crippen LogP contribution in [0.2, 0.25) is 0 Å². The molecule has 2 saturated heterocycles. The van der Waals surface area contributed by atoms with Gasteiger partial charge in [-0.25, -0.2) is 4.68 Å². The fourth-order valence-electron chi connectivity index (χ4n) is 6.51. The van der Waals surface area contributed by atoms with E-state index in [-0.39, 0.29) is 42.6 Å². The van der Waals surface area contributed by atoms with Crippen LogP contribution in [0.3, 0.4) is 0 Å². The first-order chi connectivity index (χ1) is 17.0. The second-order valence-corrected chi connectivity index (χ2v) is 12.5. The van der Waals surface area contributed by atoms with Crippen LogP contribution in [0.5, 0.6) is 0 Å². The third-order valence-corrected chi connectivity index (χ3v) is 8.58. The first kappa shape index (κ1) is 25.2. The van der Waals surface area contributed by atoms with Gasteiger partial charge in [-0.1, -0.05) is 32.4 Å². The average molecular weight is 501 g/mol. The summed E-state index contributed by atoms with van der Waals surface area (Å²) in [6.07, 6.45) is 6.49. The number of aliphatic hydroxyl groups excluding tert-OH is 1. The molecule has 198 valence electrons. The number of amides is 3. The molecule has 0 bridgehead atoms. The van der Waals surface area contributed by atoms with Crippen molar-refractivity contribution in [1.82, 2.24) is 30.1 Å². The number of nitrogens with zero attached hydrogens (tertiary/aromatic N) is 5. The van der Waals surface area contributed by atoms with E-state index < -0.39 is 23.6 Å². The van der Waals surface area contributed by atoms with Gasteiger partial charge in [0.2, 0.25) is 17.7 Å². The maximum Gasteiger partial charge on any atom is 0.248 e. The van der Waals surface area contributed by atoms with Gasteiger partial charge in [0.25, 0.3) is 0 Å². The molecule has 1 aromatic rings. The minimum atomic E-state index is -0.748. The Labute approximate surface area is 212 Å². The average Bonchev–Trinajstić information content (AvgIpc) is 3.19. The van der Waals surface area contributed by atoms with Gasteiger partial charge in [-0.3, -0.25) is 14.4 Å². The Kier molecular flexibility index (Phi) is 6.59. The van der Waals surface area contributed by atoms with Gasteiger partial charge in [-0.15, -0.1) is 5.10 Å². The summed E-state index contributed by atoms with van der Waals surface area (Å²) < 4.78 is 1.65. The van der Waals surface area contributed by atoms with Gasteiger partial charge in [0.1, 0.15) is 12.1 Å². The van der Waals surface area contributed by atoms with Crippen LogP contribution >= 0.6 is 0 Å². The predicted molar refractivity (Wildman–Crippen MR) is 132 cm³/mol. The lowest BCUT2D eigenvalue weighted by Gasteiger charge is -2.37. The Balaban J connectivity index is 1.32. The second kappa shape index (κ2) is 9.43. The summed E-state index contributed by atoms with van der Waals surface area (Å²) in [5.74, 6) is 0.721. The minimum Gasteiger partial charge on any atom is -0.391 e. The number of hydrogen-bond donors (Lipinski definition) is 2. The topological polar surface area (TPSA) is 121 Å². The first-order valence-electron chi connectivity index (χ1n) is 13.5. The summed E-state index contributed by atoms with van der Waals surface area (Å²) in [5.41, 5.74) is 0.451. The van der Waals surface area contributed by atoms with Crippen molar-refractivity contribution in [2.24, 2.45) is 17.3 Å². The number of carbonyl (C=O) groups is 3. The van der Waals surface area contributed by atoms with Crippen molar-refractivity contribution in [1.29, 1.82) is 0 Å². The predicted octanol–water partition coefficient (Wildman–Crippen LogP) is 1.47. The Hall–Kier alpha value is -2.49. The minimum absolute atomic E-state index is 0.0230. The number of rotatable bonds is 5. The summed E-state index contributed by atoms with van der Waals surface area (Å²) in [7, 11) is 0. The van der Waals surface area contributed by atoms with E-state index in [0.29, 0.717) is 18.4 Å². The van der Waals surface area contributed by atoms with Gasteiger partial charge >= 0.3 is 0 Å². The van der Waals surface area contributed by atoms with Crippen molar-refractivity contribution >= 4 is 17.7 Å². The molecule has 36 heavy (non-hydrogen) atoms. The summed E-state index contributed by atoms with van der Waals surface area (Å²) in [5, 5.41) is 22.3. The number of nitrogens with one attached hydrogen (secondary N) is 1. The van der Waals surface area contributed by atoms with Crippen LogP contribution in [-0.2, 0) is 14.4 Å². The van der Waals surface area contributed by atoms with Crippen LogP contribution in [0.4, 0.5) is 0 Å². The molecule has 10 nitrogen and oxygen atoms in total. The lowest BCUT2D eigenvalue weighted by molar-refractivity contribution is -0.144. The molecule has 10 heteroatoms. The Bertz CT molecular complexity index is 1010. The molecule has 2 aliphatic carbocycles. The molecular weight excluding hydrogens is 460 g/mol. The molecule has 6 atom stereocenters. The van der Waals surface area contributed by atoms with E-state index in [1.165, 1.54) is 0 Å². The standard InChI is InChI=1S/C26H40N6O4/c1-15(33)30-11-17-6-5-7-20(19(17)13-30)27-24(35)22-10-18(34)12-31(22)25(36)23(26(2,3)4)32-14-21(28-29-32)16-8-9-16/h14,16-20,22-23,34H,5-13H2,1-4H3,(H,27,35)/t17?,18-,19?,20?,22+,23-/m1/s1. The highest BCUT2D eigenvalue weighted by Gasteiger charge is 2.47. The van der Waals surface area contributed by atoms with Crippen LogP contribution in [-0.4, -0.2) is 85.4 Å². The fraction of sp³-hybridized carbons (Fsp3) is 0.808. The van der Waals surface area contributed by atoms with Crippen molar-refractivity contribution < 1.29 is 19.5 Å². The molecule has 4 aliphatic rings. The number of hydrogen-bond acceptors (Lipinski definition) is 6. The SMILES string of the molecule is CC(=O)N1CC2CCCC(NC(=O)[C@@H]3C[C@@H](O)CN3C(=O)[C@@H](n3cc(C4CC4)nn3)C(C)(C)C)C2C1. The van der Waals surface area contributed by atoms with Gasteiger partial charge in [0.15, 0.2) is 0 Å². The van der Waals surface area contributed by atoms with Crippen molar-refractivity contribution in [2.45, 2.75) is 96.4 Å². The van der Waals surface area contributed by atoms with Crippen molar-refractivity contribution in [3.05, 3.63) is 11.9 Å². The second-order valence-electron chi connectivity index (χ2n) is 12.5. The molecule has 2 N–H and O–H groups in total. The zero-order valence-electron chi connectivity index (χ0n) is 21.9. The number of aromatic nitrogens is 3. The maximum absolute atomic E-state index is 13.9. The Morgan fingerprint density at radius 3 is 2.53 bits per heavy atom. The summed E-state index contributed by atoms with van der Waals surface area (Å²) in [6, 6.07) is -1.38. The van der Waals surface area contributed by atoms with Gasteiger partial charge in [0, 0.05) is 57.1 Å². The van der Waals surface area contributed by atoms with Crippen molar-refractivity contribution in [2.75, 3.05) is 19.6 Å². The van der Waals surface area contributed by atoms with E-state index in [1.54, 1.807) is 16.5 Å². The largest absolute Gasteiger partial charge is 0.391 e. The molecule has 4 fully saturated rings.